The van der Waals surface area contributed by atoms with Crippen molar-refractivity contribution in [1.29, 1.82) is 0 Å². The molecule has 0 saturated heterocycles. The lowest BCUT2D eigenvalue weighted by Gasteiger charge is -2.20. The Bertz CT molecular complexity index is 593. The summed E-state index contributed by atoms with van der Waals surface area (Å²) in [6.45, 7) is 4.22. The highest BCUT2D eigenvalue weighted by molar-refractivity contribution is 5.76. The average molecular weight is 622 g/mol. The molecule has 1 amide bonds. The number of amides is 1. The van der Waals surface area contributed by atoms with E-state index in [0.717, 1.165) is 25.7 Å². The van der Waals surface area contributed by atoms with Gasteiger partial charge in [-0.1, -0.05) is 206 Å². The summed E-state index contributed by atoms with van der Waals surface area (Å²) in [6, 6.07) is -0.612. The minimum Gasteiger partial charge on any atom is -0.394 e. The van der Waals surface area contributed by atoms with Crippen LogP contribution in [0.1, 0.15) is 219 Å². The maximum absolute atomic E-state index is 12.2. The lowest BCUT2D eigenvalue weighted by Crippen LogP contribution is -2.45. The molecule has 0 bridgehead atoms. The highest BCUT2D eigenvalue weighted by Gasteiger charge is 2.17. The summed E-state index contributed by atoms with van der Waals surface area (Å²) in [6.07, 6.45) is 45.0. The Morgan fingerprint density at radius 3 is 1.18 bits per heavy atom. The van der Waals surface area contributed by atoms with Crippen LogP contribution >= 0.6 is 0 Å². The van der Waals surface area contributed by atoms with Crippen molar-refractivity contribution in [2.75, 3.05) is 6.61 Å². The molecule has 4 nitrogen and oxygen atoms in total. The van der Waals surface area contributed by atoms with E-state index < -0.39 is 12.1 Å². The van der Waals surface area contributed by atoms with Crippen LogP contribution in [0.25, 0.3) is 0 Å². The van der Waals surface area contributed by atoms with Gasteiger partial charge in [0.05, 0.1) is 18.8 Å². The Kier molecular flexibility index (Phi) is 35.9. The standard InChI is InChI=1S/C40H79NO3/c1-3-5-7-9-10-11-12-13-14-15-16-17-18-19-20-21-22-23-24-25-26-27-28-29-30-32-34-36-40(44)41-38(37-42)39(43)35-33-31-8-6-4-2/h33,35,38-39,42-43H,3-32,34,36-37H2,1-2H3,(H,41,44)/b35-33+. The largest absolute Gasteiger partial charge is 0.394 e. The second kappa shape index (κ2) is 36.6. The number of carbonyl (C=O) groups excluding carboxylic acids is 1. The summed E-state index contributed by atoms with van der Waals surface area (Å²) in [5.41, 5.74) is 0. The van der Waals surface area contributed by atoms with Gasteiger partial charge in [0.1, 0.15) is 0 Å². The number of hydrogen-bond donors (Lipinski definition) is 3. The van der Waals surface area contributed by atoms with Crippen molar-refractivity contribution in [1.82, 2.24) is 5.32 Å². The van der Waals surface area contributed by atoms with E-state index >= 15 is 0 Å². The Hall–Kier alpha value is -0.870. The van der Waals surface area contributed by atoms with E-state index in [4.69, 9.17) is 0 Å². The Balaban J connectivity index is 3.34. The van der Waals surface area contributed by atoms with Crippen molar-refractivity contribution in [3.05, 3.63) is 12.2 Å². The maximum atomic E-state index is 12.2. The van der Waals surface area contributed by atoms with Gasteiger partial charge in [0.15, 0.2) is 0 Å². The zero-order valence-corrected chi connectivity index (χ0v) is 29.9. The van der Waals surface area contributed by atoms with Gasteiger partial charge in [-0.05, 0) is 19.3 Å². The van der Waals surface area contributed by atoms with E-state index in [0.29, 0.717) is 6.42 Å². The average Bonchev–Trinajstić information content (AvgIpc) is 3.03. The van der Waals surface area contributed by atoms with Crippen molar-refractivity contribution in [3.63, 3.8) is 0 Å². The van der Waals surface area contributed by atoms with Crippen molar-refractivity contribution >= 4 is 5.91 Å². The number of nitrogens with one attached hydrogen (secondary N) is 1. The summed E-state index contributed by atoms with van der Waals surface area (Å²) in [4.78, 5) is 12.2. The molecule has 0 saturated carbocycles. The van der Waals surface area contributed by atoms with Gasteiger partial charge in [0.2, 0.25) is 5.91 Å². The molecule has 2 unspecified atom stereocenters. The van der Waals surface area contributed by atoms with Crippen molar-refractivity contribution < 1.29 is 15.0 Å². The highest BCUT2D eigenvalue weighted by atomic mass is 16.3. The molecule has 3 N–H and O–H groups in total. The third kappa shape index (κ3) is 32.5. The molecule has 0 fully saturated rings. The first-order valence-electron chi connectivity index (χ1n) is 19.9. The first kappa shape index (κ1) is 43.1. The summed E-state index contributed by atoms with van der Waals surface area (Å²) in [5.74, 6) is -0.0675. The normalized spacial score (nSPS) is 13.1. The number of hydrogen-bond acceptors (Lipinski definition) is 3. The Morgan fingerprint density at radius 1 is 0.523 bits per heavy atom. The zero-order valence-electron chi connectivity index (χ0n) is 29.9. The van der Waals surface area contributed by atoms with E-state index in [2.05, 4.69) is 19.2 Å². The molecule has 0 rings (SSSR count). The van der Waals surface area contributed by atoms with E-state index in [1.54, 1.807) is 6.08 Å². The van der Waals surface area contributed by atoms with Gasteiger partial charge >= 0.3 is 0 Å². The molecule has 0 radical (unpaired) electrons. The molecule has 0 aromatic rings. The second-order valence-electron chi connectivity index (χ2n) is 13.7. The minimum atomic E-state index is -0.829. The fourth-order valence-electron chi connectivity index (χ4n) is 6.18. The van der Waals surface area contributed by atoms with Crippen LogP contribution in [-0.4, -0.2) is 34.9 Å². The first-order valence-corrected chi connectivity index (χ1v) is 19.9. The molecule has 0 aromatic carbocycles. The minimum absolute atomic E-state index is 0.0675. The monoisotopic (exact) mass is 622 g/mol. The van der Waals surface area contributed by atoms with Gasteiger partial charge in [-0.3, -0.25) is 4.79 Å². The molecular weight excluding hydrogens is 542 g/mol. The van der Waals surface area contributed by atoms with Gasteiger partial charge in [-0.2, -0.15) is 0 Å². The summed E-state index contributed by atoms with van der Waals surface area (Å²) in [5, 5.41) is 22.6. The molecule has 0 heterocycles. The van der Waals surface area contributed by atoms with E-state index in [-0.39, 0.29) is 12.5 Å². The lowest BCUT2D eigenvalue weighted by atomic mass is 10.0. The molecule has 0 aliphatic heterocycles. The van der Waals surface area contributed by atoms with Crippen LogP contribution in [0, 0.1) is 0 Å². The smallest absolute Gasteiger partial charge is 0.220 e. The number of unbranched alkanes of at least 4 members (excludes halogenated alkanes) is 29. The third-order valence-electron chi connectivity index (χ3n) is 9.27. The Morgan fingerprint density at radius 2 is 0.841 bits per heavy atom. The van der Waals surface area contributed by atoms with E-state index in [9.17, 15) is 15.0 Å². The first-order chi connectivity index (χ1) is 21.7. The molecule has 0 aliphatic rings. The van der Waals surface area contributed by atoms with E-state index in [1.807, 2.05) is 6.08 Å². The Labute approximate surface area is 276 Å². The number of carbonyl (C=O) groups is 1. The molecule has 44 heavy (non-hydrogen) atoms. The SMILES string of the molecule is CCCCC/C=C/C(O)C(CO)NC(=O)CCCCCCCCCCCCCCCCCCCCCCCCCCCCC. The fourth-order valence-corrected chi connectivity index (χ4v) is 6.18. The van der Waals surface area contributed by atoms with Crippen LogP contribution < -0.4 is 5.32 Å². The number of aliphatic hydroxyl groups excluding tert-OH is 2. The van der Waals surface area contributed by atoms with Gasteiger partial charge in [-0.15, -0.1) is 0 Å². The number of allylic oxidation sites excluding steroid dienone is 1. The second-order valence-corrected chi connectivity index (χ2v) is 13.7. The van der Waals surface area contributed by atoms with E-state index in [1.165, 1.54) is 173 Å². The summed E-state index contributed by atoms with van der Waals surface area (Å²) in [7, 11) is 0. The molecule has 0 spiro atoms. The van der Waals surface area contributed by atoms with Gasteiger partial charge < -0.3 is 15.5 Å². The summed E-state index contributed by atoms with van der Waals surface area (Å²) < 4.78 is 0. The number of rotatable bonds is 36. The van der Waals surface area contributed by atoms with Gasteiger partial charge in [-0.25, -0.2) is 0 Å². The van der Waals surface area contributed by atoms with Gasteiger partial charge in [0.25, 0.3) is 0 Å². The van der Waals surface area contributed by atoms with Crippen LogP contribution in [0.3, 0.4) is 0 Å². The van der Waals surface area contributed by atoms with Gasteiger partial charge in [0, 0.05) is 6.42 Å². The topological polar surface area (TPSA) is 69.6 Å². The molecule has 0 aliphatic carbocycles. The van der Waals surface area contributed by atoms with Crippen LogP contribution in [0.2, 0.25) is 0 Å². The maximum Gasteiger partial charge on any atom is 0.220 e. The van der Waals surface area contributed by atoms with Crippen LogP contribution in [0.5, 0.6) is 0 Å². The number of aliphatic hydroxyl groups is 2. The van der Waals surface area contributed by atoms with Crippen molar-refractivity contribution in [2.45, 2.75) is 231 Å². The predicted octanol–water partition coefficient (Wildman–Crippen LogP) is 11.9. The van der Waals surface area contributed by atoms with Crippen molar-refractivity contribution in [3.8, 4) is 0 Å². The third-order valence-corrected chi connectivity index (χ3v) is 9.27. The quantitative estimate of drug-likeness (QED) is 0.0481. The molecule has 0 aromatic heterocycles. The molecule has 4 heteroatoms. The molecule has 262 valence electrons. The predicted molar refractivity (Wildman–Crippen MR) is 193 cm³/mol. The zero-order chi connectivity index (χ0) is 32.2. The molecule has 2 atom stereocenters. The molecular formula is C40H79NO3. The van der Waals surface area contributed by atoms with Crippen LogP contribution in [0.4, 0.5) is 0 Å². The van der Waals surface area contributed by atoms with Crippen LogP contribution in [-0.2, 0) is 4.79 Å². The summed E-state index contributed by atoms with van der Waals surface area (Å²) >= 11 is 0. The lowest BCUT2D eigenvalue weighted by molar-refractivity contribution is -0.123. The van der Waals surface area contributed by atoms with Crippen molar-refractivity contribution in [2.24, 2.45) is 0 Å². The van der Waals surface area contributed by atoms with Crippen LogP contribution in [0.15, 0.2) is 12.2 Å². The highest BCUT2D eigenvalue weighted by Crippen LogP contribution is 2.16. The fraction of sp³-hybridized carbons (Fsp3) is 0.925.